The quantitative estimate of drug-likeness (QED) is 0.644. The first-order valence-electron chi connectivity index (χ1n) is 4.35. The Bertz CT molecular complexity index is 108. The summed E-state index contributed by atoms with van der Waals surface area (Å²) >= 11 is 5.63. The van der Waals surface area contributed by atoms with Crippen LogP contribution in [0.25, 0.3) is 0 Å². The molecular weight excluding hydrogens is 160 g/mol. The van der Waals surface area contributed by atoms with Crippen molar-refractivity contribution in [3.05, 3.63) is 0 Å². The van der Waals surface area contributed by atoms with Crippen LogP contribution in [0.2, 0.25) is 0 Å². The molecule has 0 saturated carbocycles. The minimum Gasteiger partial charge on any atom is -0.314 e. The summed E-state index contributed by atoms with van der Waals surface area (Å²) in [5, 5.41) is 3.37. The summed E-state index contributed by atoms with van der Waals surface area (Å²) in [4.78, 5) is 2.50. The molecule has 0 amide bonds. The van der Waals surface area contributed by atoms with E-state index in [1.165, 1.54) is 6.54 Å². The number of nitrogens with one attached hydrogen (secondary N) is 1. The first-order chi connectivity index (χ1) is 5.34. The van der Waals surface area contributed by atoms with Crippen molar-refractivity contribution in [2.75, 3.05) is 32.1 Å². The normalized spacial score (nSPS) is 27.3. The number of alkyl halides is 1. The lowest BCUT2D eigenvalue weighted by Gasteiger charge is -2.33. The molecule has 1 atom stereocenters. The summed E-state index contributed by atoms with van der Waals surface area (Å²) in [7, 11) is 0. The third kappa shape index (κ3) is 2.97. The van der Waals surface area contributed by atoms with E-state index >= 15 is 0 Å². The van der Waals surface area contributed by atoms with Crippen molar-refractivity contribution in [2.45, 2.75) is 19.4 Å². The van der Waals surface area contributed by atoms with Gasteiger partial charge in [-0.15, -0.1) is 11.6 Å². The van der Waals surface area contributed by atoms with Gasteiger partial charge < -0.3 is 5.32 Å². The number of hydrogen-bond donors (Lipinski definition) is 1. The number of piperazine rings is 1. The predicted octanol–water partition coefficient (Wildman–Crippen LogP) is 0.909. The van der Waals surface area contributed by atoms with E-state index in [0.717, 1.165) is 31.9 Å². The molecule has 2 nitrogen and oxygen atoms in total. The molecule has 0 aromatic heterocycles. The Labute approximate surface area is 73.9 Å². The molecule has 66 valence electrons. The Morgan fingerprint density at radius 2 is 2.45 bits per heavy atom. The van der Waals surface area contributed by atoms with E-state index in [1.54, 1.807) is 0 Å². The van der Waals surface area contributed by atoms with E-state index < -0.39 is 0 Å². The van der Waals surface area contributed by atoms with Gasteiger partial charge in [-0.05, 0) is 19.9 Å². The van der Waals surface area contributed by atoms with E-state index in [1.807, 2.05) is 0 Å². The van der Waals surface area contributed by atoms with Gasteiger partial charge >= 0.3 is 0 Å². The highest BCUT2D eigenvalue weighted by Crippen LogP contribution is 2.03. The summed E-state index contributed by atoms with van der Waals surface area (Å²) in [6.45, 7) is 6.86. The Hall–Kier alpha value is 0.210. The second-order valence-electron chi connectivity index (χ2n) is 3.13. The molecule has 1 saturated heterocycles. The van der Waals surface area contributed by atoms with Crippen LogP contribution in [0.3, 0.4) is 0 Å². The fraction of sp³-hybridized carbons (Fsp3) is 1.00. The molecule has 0 radical (unpaired) electrons. The SMILES string of the molecule is CC1CNCCN1CCCCl. The second-order valence-corrected chi connectivity index (χ2v) is 3.51. The van der Waals surface area contributed by atoms with Crippen LogP contribution in [0, 0.1) is 0 Å². The van der Waals surface area contributed by atoms with Gasteiger partial charge in [-0.3, -0.25) is 4.90 Å². The van der Waals surface area contributed by atoms with Crippen molar-refractivity contribution in [3.8, 4) is 0 Å². The lowest BCUT2D eigenvalue weighted by molar-refractivity contribution is 0.174. The van der Waals surface area contributed by atoms with Crippen molar-refractivity contribution >= 4 is 11.6 Å². The van der Waals surface area contributed by atoms with Gasteiger partial charge in [-0.25, -0.2) is 0 Å². The maximum absolute atomic E-state index is 5.63. The van der Waals surface area contributed by atoms with Crippen molar-refractivity contribution in [3.63, 3.8) is 0 Å². The van der Waals surface area contributed by atoms with Crippen LogP contribution in [0.15, 0.2) is 0 Å². The first-order valence-corrected chi connectivity index (χ1v) is 4.89. The molecule has 1 aliphatic heterocycles. The minimum absolute atomic E-state index is 0.687. The van der Waals surface area contributed by atoms with Gasteiger partial charge in [0.1, 0.15) is 0 Å². The molecule has 1 aliphatic rings. The molecule has 0 aromatic rings. The number of nitrogens with zero attached hydrogens (tertiary/aromatic N) is 1. The van der Waals surface area contributed by atoms with Gasteiger partial charge in [0.2, 0.25) is 0 Å². The lowest BCUT2D eigenvalue weighted by atomic mass is 10.2. The molecule has 1 rings (SSSR count). The Morgan fingerprint density at radius 3 is 3.09 bits per heavy atom. The Morgan fingerprint density at radius 1 is 1.64 bits per heavy atom. The van der Waals surface area contributed by atoms with Crippen LogP contribution in [0.4, 0.5) is 0 Å². The van der Waals surface area contributed by atoms with Gasteiger partial charge in [-0.2, -0.15) is 0 Å². The molecule has 11 heavy (non-hydrogen) atoms. The summed E-state index contributed by atoms with van der Waals surface area (Å²) < 4.78 is 0. The Balaban J connectivity index is 2.18. The summed E-state index contributed by atoms with van der Waals surface area (Å²) in [6.07, 6.45) is 1.12. The topological polar surface area (TPSA) is 15.3 Å². The average Bonchev–Trinajstić information content (AvgIpc) is 2.03. The number of rotatable bonds is 3. The summed E-state index contributed by atoms with van der Waals surface area (Å²) in [5.41, 5.74) is 0. The fourth-order valence-corrected chi connectivity index (χ4v) is 1.60. The number of hydrogen-bond acceptors (Lipinski definition) is 2. The van der Waals surface area contributed by atoms with Crippen molar-refractivity contribution in [2.24, 2.45) is 0 Å². The Kier molecular flexibility index (Phi) is 4.20. The zero-order valence-electron chi connectivity index (χ0n) is 7.15. The van der Waals surface area contributed by atoms with Gasteiger partial charge in [-0.1, -0.05) is 0 Å². The van der Waals surface area contributed by atoms with Crippen LogP contribution >= 0.6 is 11.6 Å². The molecule has 3 heteroatoms. The fourth-order valence-electron chi connectivity index (χ4n) is 1.48. The molecule has 1 heterocycles. The smallest absolute Gasteiger partial charge is 0.0235 e. The standard InChI is InChI=1S/C8H17ClN2/c1-8-7-10-4-6-11(8)5-2-3-9/h8,10H,2-7H2,1H3. The minimum atomic E-state index is 0.687. The number of halogens is 1. The van der Waals surface area contributed by atoms with Crippen LogP contribution in [0.1, 0.15) is 13.3 Å². The van der Waals surface area contributed by atoms with Crippen molar-refractivity contribution in [1.82, 2.24) is 10.2 Å². The third-order valence-corrected chi connectivity index (χ3v) is 2.49. The highest BCUT2D eigenvalue weighted by atomic mass is 35.5. The molecule has 1 N–H and O–H groups in total. The summed E-state index contributed by atoms with van der Waals surface area (Å²) in [5.74, 6) is 0.788. The molecule has 0 bridgehead atoms. The van der Waals surface area contributed by atoms with Crippen LogP contribution < -0.4 is 5.32 Å². The van der Waals surface area contributed by atoms with Gasteiger partial charge in [0.15, 0.2) is 0 Å². The zero-order valence-corrected chi connectivity index (χ0v) is 7.90. The second kappa shape index (κ2) is 4.96. The third-order valence-electron chi connectivity index (χ3n) is 2.22. The van der Waals surface area contributed by atoms with E-state index in [0.29, 0.717) is 6.04 Å². The first kappa shape index (κ1) is 9.30. The van der Waals surface area contributed by atoms with Crippen molar-refractivity contribution in [1.29, 1.82) is 0 Å². The van der Waals surface area contributed by atoms with E-state index in [2.05, 4.69) is 17.1 Å². The highest BCUT2D eigenvalue weighted by Gasteiger charge is 2.16. The monoisotopic (exact) mass is 176 g/mol. The van der Waals surface area contributed by atoms with Gasteiger partial charge in [0, 0.05) is 31.6 Å². The zero-order chi connectivity index (χ0) is 8.10. The van der Waals surface area contributed by atoms with Crippen LogP contribution in [-0.2, 0) is 0 Å². The van der Waals surface area contributed by atoms with Gasteiger partial charge in [0.05, 0.1) is 0 Å². The largest absolute Gasteiger partial charge is 0.314 e. The molecule has 1 fully saturated rings. The van der Waals surface area contributed by atoms with Gasteiger partial charge in [0.25, 0.3) is 0 Å². The van der Waals surface area contributed by atoms with Crippen molar-refractivity contribution < 1.29 is 0 Å². The van der Waals surface area contributed by atoms with Crippen LogP contribution in [0.5, 0.6) is 0 Å². The maximum Gasteiger partial charge on any atom is 0.0235 e. The molecule has 1 unspecified atom stereocenters. The molecule has 0 aromatic carbocycles. The van der Waals surface area contributed by atoms with E-state index in [9.17, 15) is 0 Å². The predicted molar refractivity (Wildman–Crippen MR) is 49.2 cm³/mol. The molecular formula is C8H17ClN2. The lowest BCUT2D eigenvalue weighted by Crippen LogP contribution is -2.49. The maximum atomic E-state index is 5.63. The highest BCUT2D eigenvalue weighted by molar-refractivity contribution is 6.17. The average molecular weight is 177 g/mol. The van der Waals surface area contributed by atoms with E-state index in [4.69, 9.17) is 11.6 Å². The van der Waals surface area contributed by atoms with E-state index in [-0.39, 0.29) is 0 Å². The van der Waals surface area contributed by atoms with Crippen LogP contribution in [-0.4, -0.2) is 43.0 Å². The summed E-state index contributed by atoms with van der Waals surface area (Å²) in [6, 6.07) is 0.687. The molecule has 0 aliphatic carbocycles. The molecule has 0 spiro atoms.